The Balaban J connectivity index is 1.97. The van der Waals surface area contributed by atoms with Crippen LogP contribution >= 0.6 is 0 Å². The minimum Gasteiger partial charge on any atom is -0.292 e. The van der Waals surface area contributed by atoms with Gasteiger partial charge >= 0.3 is 0 Å². The van der Waals surface area contributed by atoms with Gasteiger partial charge < -0.3 is 0 Å². The number of para-hydroxylation sites is 2. The number of imidazole rings is 1. The van der Waals surface area contributed by atoms with E-state index in [1.54, 1.807) is 0 Å². The Hall–Kier alpha value is -3.39. The fourth-order valence-electron chi connectivity index (χ4n) is 4.60. The molecule has 2 heteroatoms. The van der Waals surface area contributed by atoms with Crippen molar-refractivity contribution >= 4 is 49.1 Å². The standard InChI is InChI=1S/C27H22N2/c1-27(2,3)18-13-15-23-21(16-18)25-19-9-5-4-8-17(19)12-14-20(25)26-28-22-10-6-7-11-24(22)29(23)26/h4-16H,1-3H3. The SMILES string of the molecule is CC(C)(C)c1ccc2c(c1)c1c3ccccc3ccc1c1nc3ccccc3n21. The van der Waals surface area contributed by atoms with Crippen LogP contribution < -0.4 is 0 Å². The molecule has 6 aromatic rings. The van der Waals surface area contributed by atoms with Crippen molar-refractivity contribution < 1.29 is 0 Å². The monoisotopic (exact) mass is 374 g/mol. The Bertz CT molecular complexity index is 1580. The molecule has 6 rings (SSSR count). The van der Waals surface area contributed by atoms with Crippen molar-refractivity contribution in [2.24, 2.45) is 0 Å². The molecule has 0 atom stereocenters. The van der Waals surface area contributed by atoms with Gasteiger partial charge in [-0.3, -0.25) is 4.40 Å². The van der Waals surface area contributed by atoms with Crippen LogP contribution in [0.1, 0.15) is 26.3 Å². The fourth-order valence-corrected chi connectivity index (χ4v) is 4.60. The van der Waals surface area contributed by atoms with Crippen molar-refractivity contribution in [1.82, 2.24) is 9.38 Å². The first-order chi connectivity index (χ1) is 14.0. The molecule has 0 bridgehead atoms. The second kappa shape index (κ2) is 5.57. The van der Waals surface area contributed by atoms with E-state index in [4.69, 9.17) is 4.98 Å². The first-order valence-electron chi connectivity index (χ1n) is 10.2. The van der Waals surface area contributed by atoms with Gasteiger partial charge in [0.1, 0.15) is 5.65 Å². The lowest BCUT2D eigenvalue weighted by Gasteiger charge is -2.21. The average Bonchev–Trinajstić information content (AvgIpc) is 3.12. The van der Waals surface area contributed by atoms with E-state index in [0.29, 0.717) is 0 Å². The molecule has 2 nitrogen and oxygen atoms in total. The van der Waals surface area contributed by atoms with E-state index in [0.717, 1.165) is 16.7 Å². The Kier molecular flexibility index (Phi) is 3.18. The Morgan fingerprint density at radius 1 is 0.690 bits per heavy atom. The Morgan fingerprint density at radius 2 is 1.48 bits per heavy atom. The fraction of sp³-hybridized carbons (Fsp3) is 0.148. The third-order valence-electron chi connectivity index (χ3n) is 6.10. The van der Waals surface area contributed by atoms with Gasteiger partial charge in [0.05, 0.1) is 16.6 Å². The first-order valence-corrected chi connectivity index (χ1v) is 10.2. The first kappa shape index (κ1) is 16.6. The van der Waals surface area contributed by atoms with E-state index in [2.05, 4.69) is 104 Å². The molecule has 0 spiro atoms. The lowest BCUT2D eigenvalue weighted by Crippen LogP contribution is -2.10. The number of fused-ring (bicyclic) bond motifs is 10. The van der Waals surface area contributed by atoms with Gasteiger partial charge in [-0.05, 0) is 52.1 Å². The molecule has 0 saturated heterocycles. The van der Waals surface area contributed by atoms with E-state index in [-0.39, 0.29) is 5.41 Å². The summed E-state index contributed by atoms with van der Waals surface area (Å²) in [6.07, 6.45) is 0. The van der Waals surface area contributed by atoms with Gasteiger partial charge in [0.15, 0.2) is 0 Å². The van der Waals surface area contributed by atoms with Crippen LogP contribution in [0.15, 0.2) is 78.9 Å². The molecule has 2 heterocycles. The highest BCUT2D eigenvalue weighted by Crippen LogP contribution is 2.38. The molecule has 0 fully saturated rings. The number of pyridine rings is 1. The zero-order valence-corrected chi connectivity index (χ0v) is 16.9. The minimum atomic E-state index is 0.0943. The molecule has 0 saturated carbocycles. The summed E-state index contributed by atoms with van der Waals surface area (Å²) < 4.78 is 2.33. The quantitative estimate of drug-likeness (QED) is 0.256. The zero-order chi connectivity index (χ0) is 19.8. The molecule has 0 N–H and O–H groups in total. The number of nitrogens with zero attached hydrogens (tertiary/aromatic N) is 2. The molecule has 0 radical (unpaired) electrons. The van der Waals surface area contributed by atoms with Crippen molar-refractivity contribution in [3.8, 4) is 0 Å². The third kappa shape index (κ3) is 2.26. The molecule has 0 unspecified atom stereocenters. The van der Waals surface area contributed by atoms with Gasteiger partial charge in [0.25, 0.3) is 0 Å². The van der Waals surface area contributed by atoms with Crippen LogP contribution in [0, 0.1) is 0 Å². The predicted molar refractivity (Wildman–Crippen MR) is 124 cm³/mol. The van der Waals surface area contributed by atoms with E-state index < -0.39 is 0 Å². The summed E-state index contributed by atoms with van der Waals surface area (Å²) in [6, 6.07) is 28.5. The van der Waals surface area contributed by atoms with Gasteiger partial charge in [-0.15, -0.1) is 0 Å². The van der Waals surface area contributed by atoms with Crippen LogP contribution in [0.3, 0.4) is 0 Å². The number of hydrogen-bond donors (Lipinski definition) is 0. The van der Waals surface area contributed by atoms with Crippen molar-refractivity contribution in [3.63, 3.8) is 0 Å². The number of rotatable bonds is 0. The highest BCUT2D eigenvalue weighted by molar-refractivity contribution is 6.24. The van der Waals surface area contributed by atoms with Crippen LogP contribution in [0.25, 0.3) is 49.1 Å². The molecule has 2 aromatic heterocycles. The molecule has 0 aliphatic rings. The Morgan fingerprint density at radius 3 is 2.34 bits per heavy atom. The van der Waals surface area contributed by atoms with Crippen LogP contribution in [-0.2, 0) is 5.41 Å². The normalized spacial score (nSPS) is 12.7. The molecular formula is C27H22N2. The summed E-state index contributed by atoms with van der Waals surface area (Å²) in [5.41, 5.74) is 5.88. The van der Waals surface area contributed by atoms with Crippen molar-refractivity contribution in [2.75, 3.05) is 0 Å². The maximum Gasteiger partial charge on any atom is 0.146 e. The highest BCUT2D eigenvalue weighted by Gasteiger charge is 2.19. The van der Waals surface area contributed by atoms with E-state index in [1.165, 1.54) is 38.0 Å². The summed E-state index contributed by atoms with van der Waals surface area (Å²) in [7, 11) is 0. The van der Waals surface area contributed by atoms with E-state index >= 15 is 0 Å². The van der Waals surface area contributed by atoms with E-state index in [9.17, 15) is 0 Å². The number of aromatic nitrogens is 2. The number of hydrogen-bond acceptors (Lipinski definition) is 1. The van der Waals surface area contributed by atoms with Gasteiger partial charge in [0.2, 0.25) is 0 Å². The number of benzene rings is 4. The summed E-state index contributed by atoms with van der Waals surface area (Å²) in [5.74, 6) is 0. The third-order valence-corrected chi connectivity index (χ3v) is 6.10. The predicted octanol–water partition coefficient (Wildman–Crippen LogP) is 7.24. The molecule has 0 aliphatic heterocycles. The molecule has 0 amide bonds. The summed E-state index contributed by atoms with van der Waals surface area (Å²) in [5, 5.41) is 6.35. The van der Waals surface area contributed by atoms with Crippen LogP contribution in [0.5, 0.6) is 0 Å². The van der Waals surface area contributed by atoms with Gasteiger partial charge in [0, 0.05) is 16.2 Å². The van der Waals surface area contributed by atoms with E-state index in [1.807, 2.05) is 0 Å². The molecule has 0 aliphatic carbocycles. The summed E-state index contributed by atoms with van der Waals surface area (Å²) in [6.45, 7) is 6.83. The Labute approximate surface area is 169 Å². The maximum atomic E-state index is 5.03. The van der Waals surface area contributed by atoms with Crippen LogP contribution in [0.2, 0.25) is 0 Å². The molecule has 4 aromatic carbocycles. The van der Waals surface area contributed by atoms with Crippen LogP contribution in [0.4, 0.5) is 0 Å². The van der Waals surface area contributed by atoms with Crippen molar-refractivity contribution in [2.45, 2.75) is 26.2 Å². The lowest BCUT2D eigenvalue weighted by molar-refractivity contribution is 0.591. The smallest absolute Gasteiger partial charge is 0.146 e. The van der Waals surface area contributed by atoms with Gasteiger partial charge in [-0.25, -0.2) is 4.98 Å². The largest absolute Gasteiger partial charge is 0.292 e. The van der Waals surface area contributed by atoms with Crippen LogP contribution in [-0.4, -0.2) is 9.38 Å². The maximum absolute atomic E-state index is 5.03. The zero-order valence-electron chi connectivity index (χ0n) is 16.9. The van der Waals surface area contributed by atoms with Gasteiger partial charge in [-0.2, -0.15) is 0 Å². The average molecular weight is 374 g/mol. The van der Waals surface area contributed by atoms with Gasteiger partial charge in [-0.1, -0.05) is 69.3 Å². The highest BCUT2D eigenvalue weighted by atomic mass is 15.0. The summed E-state index contributed by atoms with van der Waals surface area (Å²) >= 11 is 0. The second-order valence-corrected chi connectivity index (χ2v) is 8.95. The van der Waals surface area contributed by atoms with Crippen molar-refractivity contribution in [1.29, 1.82) is 0 Å². The molecular weight excluding hydrogens is 352 g/mol. The lowest BCUT2D eigenvalue weighted by atomic mass is 9.85. The molecule has 140 valence electrons. The topological polar surface area (TPSA) is 17.3 Å². The van der Waals surface area contributed by atoms with Crippen molar-refractivity contribution in [3.05, 3.63) is 84.4 Å². The molecule has 29 heavy (non-hydrogen) atoms. The minimum absolute atomic E-state index is 0.0943. The summed E-state index contributed by atoms with van der Waals surface area (Å²) in [4.78, 5) is 5.03. The second-order valence-electron chi connectivity index (χ2n) is 8.95.